The lowest BCUT2D eigenvalue weighted by Crippen LogP contribution is -2.04. The van der Waals surface area contributed by atoms with Crippen molar-refractivity contribution in [2.75, 3.05) is 5.73 Å². The van der Waals surface area contributed by atoms with Crippen molar-refractivity contribution in [1.29, 1.82) is 0 Å². The number of rotatable bonds is 3. The molecule has 0 amide bonds. The Morgan fingerprint density at radius 1 is 1.40 bits per heavy atom. The second-order valence-corrected chi connectivity index (χ2v) is 4.29. The monoisotopic (exact) mass is 220 g/mol. The van der Waals surface area contributed by atoms with Crippen molar-refractivity contribution in [3.8, 4) is 0 Å². The van der Waals surface area contributed by atoms with Gasteiger partial charge in [0.15, 0.2) is 0 Å². The highest BCUT2D eigenvalue weighted by atomic mass is 32.1. The number of aliphatic hydroxyl groups excluding tert-OH is 1. The summed E-state index contributed by atoms with van der Waals surface area (Å²) in [5.41, 5.74) is 8.96. The van der Waals surface area contributed by atoms with E-state index in [1.54, 1.807) is 17.8 Å². The van der Waals surface area contributed by atoms with Crippen LogP contribution in [0.1, 0.15) is 16.5 Å². The van der Waals surface area contributed by atoms with Crippen molar-refractivity contribution in [2.45, 2.75) is 12.5 Å². The molecule has 0 aliphatic rings. The van der Waals surface area contributed by atoms with Gasteiger partial charge in [0.1, 0.15) is 0 Å². The van der Waals surface area contributed by atoms with Gasteiger partial charge in [-0.15, -0.1) is 11.3 Å². The summed E-state index contributed by atoms with van der Waals surface area (Å²) in [6.07, 6.45) is 1.79. The molecule has 0 saturated heterocycles. The van der Waals surface area contributed by atoms with Crippen LogP contribution in [0, 0.1) is 0 Å². The van der Waals surface area contributed by atoms with Crippen LogP contribution in [0.4, 0.5) is 5.69 Å². The zero-order valence-electron chi connectivity index (χ0n) is 8.13. The lowest BCUT2D eigenvalue weighted by Gasteiger charge is -2.11. The Kier molecular flexibility index (Phi) is 2.99. The summed E-state index contributed by atoms with van der Waals surface area (Å²) >= 11 is 1.54. The van der Waals surface area contributed by atoms with E-state index in [1.165, 1.54) is 11.3 Å². The minimum Gasteiger partial charge on any atom is -0.398 e. The molecule has 0 spiro atoms. The van der Waals surface area contributed by atoms with E-state index < -0.39 is 6.10 Å². The molecule has 0 saturated carbocycles. The molecule has 2 rings (SSSR count). The van der Waals surface area contributed by atoms with Gasteiger partial charge in [-0.05, 0) is 6.07 Å². The molecule has 4 heteroatoms. The quantitative estimate of drug-likeness (QED) is 0.778. The van der Waals surface area contributed by atoms with E-state index in [2.05, 4.69) is 4.98 Å². The molecule has 0 aliphatic carbocycles. The van der Waals surface area contributed by atoms with Gasteiger partial charge in [0.05, 0.1) is 11.6 Å². The smallest absolute Gasteiger partial charge is 0.0858 e. The van der Waals surface area contributed by atoms with Crippen LogP contribution in [-0.4, -0.2) is 10.1 Å². The number of anilines is 1. The zero-order chi connectivity index (χ0) is 10.7. The summed E-state index contributed by atoms with van der Waals surface area (Å²) in [5.74, 6) is 0. The number of nitrogens with two attached hydrogens (primary N) is 1. The Labute approximate surface area is 92.2 Å². The second kappa shape index (κ2) is 4.42. The Bertz CT molecular complexity index is 428. The number of nitrogen functional groups attached to an aromatic ring is 1. The van der Waals surface area contributed by atoms with Gasteiger partial charge in [-0.1, -0.05) is 18.2 Å². The standard InChI is InChI=1S/C11H12N2OS/c12-10-4-2-1-3-9(10)11(14)5-8-6-13-7-15-8/h1-4,6-7,11,14H,5,12H2. The predicted molar refractivity (Wildman–Crippen MR) is 61.6 cm³/mol. The largest absolute Gasteiger partial charge is 0.398 e. The maximum atomic E-state index is 9.97. The second-order valence-electron chi connectivity index (χ2n) is 3.32. The number of hydrogen-bond donors (Lipinski definition) is 2. The first-order valence-corrected chi connectivity index (χ1v) is 5.55. The molecule has 3 nitrogen and oxygen atoms in total. The van der Waals surface area contributed by atoms with Crippen LogP contribution in [0.2, 0.25) is 0 Å². The third kappa shape index (κ3) is 2.34. The van der Waals surface area contributed by atoms with Crippen molar-refractivity contribution in [2.24, 2.45) is 0 Å². The first-order valence-electron chi connectivity index (χ1n) is 4.67. The first-order chi connectivity index (χ1) is 7.27. The van der Waals surface area contributed by atoms with Crippen LogP contribution in [-0.2, 0) is 6.42 Å². The lowest BCUT2D eigenvalue weighted by molar-refractivity contribution is 0.180. The van der Waals surface area contributed by atoms with E-state index in [-0.39, 0.29) is 0 Å². The van der Waals surface area contributed by atoms with Gasteiger partial charge in [0, 0.05) is 28.7 Å². The van der Waals surface area contributed by atoms with E-state index in [0.717, 1.165) is 10.4 Å². The zero-order valence-corrected chi connectivity index (χ0v) is 8.95. The number of hydrogen-bond acceptors (Lipinski definition) is 4. The third-order valence-electron chi connectivity index (χ3n) is 2.23. The lowest BCUT2D eigenvalue weighted by atomic mass is 10.0. The molecule has 15 heavy (non-hydrogen) atoms. The van der Waals surface area contributed by atoms with Gasteiger partial charge < -0.3 is 10.8 Å². The van der Waals surface area contributed by atoms with Gasteiger partial charge >= 0.3 is 0 Å². The van der Waals surface area contributed by atoms with Gasteiger partial charge in [0.25, 0.3) is 0 Å². The van der Waals surface area contributed by atoms with Gasteiger partial charge in [-0.3, -0.25) is 4.98 Å². The third-order valence-corrected chi connectivity index (χ3v) is 3.03. The summed E-state index contributed by atoms with van der Waals surface area (Å²) in [4.78, 5) is 5.03. The normalized spacial score (nSPS) is 12.6. The Hall–Kier alpha value is -1.39. The van der Waals surface area contributed by atoms with Gasteiger partial charge in [0.2, 0.25) is 0 Å². The summed E-state index contributed by atoms with van der Waals surface area (Å²) < 4.78 is 0. The van der Waals surface area contributed by atoms with Crippen LogP contribution >= 0.6 is 11.3 Å². The SMILES string of the molecule is Nc1ccccc1C(O)Cc1cncs1. The molecule has 0 fully saturated rings. The number of aromatic nitrogens is 1. The van der Waals surface area contributed by atoms with Crippen molar-refractivity contribution in [1.82, 2.24) is 4.98 Å². The van der Waals surface area contributed by atoms with E-state index in [0.29, 0.717) is 12.1 Å². The fraction of sp³-hybridized carbons (Fsp3) is 0.182. The van der Waals surface area contributed by atoms with Crippen molar-refractivity contribution >= 4 is 17.0 Å². The minimum atomic E-state index is -0.549. The summed E-state index contributed by atoms with van der Waals surface area (Å²) in [7, 11) is 0. The van der Waals surface area contributed by atoms with Gasteiger partial charge in [-0.25, -0.2) is 0 Å². The van der Waals surface area contributed by atoms with E-state index in [4.69, 9.17) is 5.73 Å². The number of nitrogens with zero attached hydrogens (tertiary/aromatic N) is 1. The van der Waals surface area contributed by atoms with E-state index in [1.807, 2.05) is 18.2 Å². The molecular weight excluding hydrogens is 208 g/mol. The van der Waals surface area contributed by atoms with Crippen LogP contribution in [0.3, 0.4) is 0 Å². The molecule has 1 unspecified atom stereocenters. The molecule has 2 aromatic rings. The number of para-hydroxylation sites is 1. The maximum absolute atomic E-state index is 9.97. The highest BCUT2D eigenvalue weighted by Gasteiger charge is 2.11. The van der Waals surface area contributed by atoms with Crippen molar-refractivity contribution < 1.29 is 5.11 Å². The average molecular weight is 220 g/mol. The van der Waals surface area contributed by atoms with Gasteiger partial charge in [-0.2, -0.15) is 0 Å². The fourth-order valence-electron chi connectivity index (χ4n) is 1.46. The molecule has 0 aliphatic heterocycles. The van der Waals surface area contributed by atoms with Crippen LogP contribution in [0.5, 0.6) is 0 Å². The number of benzene rings is 1. The minimum absolute atomic E-state index is 0.549. The molecular formula is C11H12N2OS. The van der Waals surface area contributed by atoms with Crippen LogP contribution in [0.15, 0.2) is 36.0 Å². The average Bonchev–Trinajstić information content (AvgIpc) is 2.71. The molecule has 0 bridgehead atoms. The van der Waals surface area contributed by atoms with E-state index in [9.17, 15) is 5.11 Å². The molecule has 1 aromatic carbocycles. The highest BCUT2D eigenvalue weighted by Crippen LogP contribution is 2.24. The molecule has 1 heterocycles. The van der Waals surface area contributed by atoms with Crippen LogP contribution < -0.4 is 5.73 Å². The Morgan fingerprint density at radius 2 is 2.20 bits per heavy atom. The molecule has 3 N–H and O–H groups in total. The Morgan fingerprint density at radius 3 is 2.87 bits per heavy atom. The van der Waals surface area contributed by atoms with Crippen molar-refractivity contribution in [3.63, 3.8) is 0 Å². The predicted octanol–water partition coefficient (Wildman–Crippen LogP) is 2.00. The summed E-state index contributed by atoms with van der Waals surface area (Å²) in [6.45, 7) is 0. The molecule has 78 valence electrons. The topological polar surface area (TPSA) is 59.1 Å². The Balaban J connectivity index is 2.15. The summed E-state index contributed by atoms with van der Waals surface area (Å²) in [5, 5.41) is 9.97. The van der Waals surface area contributed by atoms with Crippen LogP contribution in [0.25, 0.3) is 0 Å². The number of aliphatic hydroxyl groups is 1. The molecule has 0 radical (unpaired) electrons. The van der Waals surface area contributed by atoms with E-state index >= 15 is 0 Å². The highest BCUT2D eigenvalue weighted by molar-refractivity contribution is 7.09. The molecule has 1 aromatic heterocycles. The molecule has 1 atom stereocenters. The van der Waals surface area contributed by atoms with Crippen molar-refractivity contribution in [3.05, 3.63) is 46.4 Å². The maximum Gasteiger partial charge on any atom is 0.0858 e. The number of thiazole rings is 1. The summed E-state index contributed by atoms with van der Waals surface area (Å²) in [6, 6.07) is 7.38. The fourth-order valence-corrected chi connectivity index (χ4v) is 2.09. The first kappa shape index (κ1) is 10.1.